The summed E-state index contributed by atoms with van der Waals surface area (Å²) in [5, 5.41) is 0. The Kier molecular flexibility index (Phi) is 3.42. The van der Waals surface area contributed by atoms with E-state index in [0.717, 1.165) is 17.3 Å². The summed E-state index contributed by atoms with van der Waals surface area (Å²) < 4.78 is 5.49. The van der Waals surface area contributed by atoms with Crippen LogP contribution in [0.3, 0.4) is 0 Å². The molecule has 2 rings (SSSR count). The van der Waals surface area contributed by atoms with E-state index in [0.29, 0.717) is 6.54 Å². The van der Waals surface area contributed by atoms with Gasteiger partial charge in [-0.1, -0.05) is 0 Å². The van der Waals surface area contributed by atoms with Crippen LogP contribution in [0.25, 0.3) is 0 Å². The van der Waals surface area contributed by atoms with Gasteiger partial charge < -0.3 is 10.2 Å². The van der Waals surface area contributed by atoms with Gasteiger partial charge in [-0.3, -0.25) is 4.98 Å². The molecule has 2 aromatic rings. The molecule has 0 atom stereocenters. The minimum Gasteiger partial charge on any atom is -0.464 e. The highest BCUT2D eigenvalue weighted by Crippen LogP contribution is 2.22. The smallest absolute Gasteiger partial charge is 0.117 e. The molecule has 2 N–H and O–H groups in total. The SMILES string of the molecule is NCc1ccc(CSc2ccncc2)o1. The highest BCUT2D eigenvalue weighted by Gasteiger charge is 2.01. The summed E-state index contributed by atoms with van der Waals surface area (Å²) in [4.78, 5) is 5.15. The monoisotopic (exact) mass is 220 g/mol. The molecule has 2 heterocycles. The molecule has 0 unspecified atom stereocenters. The van der Waals surface area contributed by atoms with Crippen molar-refractivity contribution in [3.63, 3.8) is 0 Å². The van der Waals surface area contributed by atoms with Crippen LogP contribution in [0, 0.1) is 0 Å². The van der Waals surface area contributed by atoms with E-state index < -0.39 is 0 Å². The van der Waals surface area contributed by atoms with Crippen molar-refractivity contribution in [2.24, 2.45) is 5.73 Å². The highest BCUT2D eigenvalue weighted by atomic mass is 32.2. The normalized spacial score (nSPS) is 10.5. The third-order valence-corrected chi connectivity index (χ3v) is 2.98. The van der Waals surface area contributed by atoms with Crippen LogP contribution < -0.4 is 5.73 Å². The second-order valence-corrected chi connectivity index (χ2v) is 4.09. The van der Waals surface area contributed by atoms with E-state index in [1.54, 1.807) is 24.2 Å². The lowest BCUT2D eigenvalue weighted by atomic mass is 10.4. The molecule has 2 aromatic heterocycles. The number of nitrogens with zero attached hydrogens (tertiary/aromatic N) is 1. The van der Waals surface area contributed by atoms with Gasteiger partial charge in [-0.25, -0.2) is 0 Å². The number of hydrogen-bond donors (Lipinski definition) is 1. The molecule has 0 aromatic carbocycles. The predicted molar refractivity (Wildman–Crippen MR) is 60.4 cm³/mol. The molecule has 0 aliphatic heterocycles. The van der Waals surface area contributed by atoms with Gasteiger partial charge in [0.25, 0.3) is 0 Å². The van der Waals surface area contributed by atoms with Gasteiger partial charge in [0.1, 0.15) is 11.5 Å². The van der Waals surface area contributed by atoms with Crippen LogP contribution in [0.4, 0.5) is 0 Å². The highest BCUT2D eigenvalue weighted by molar-refractivity contribution is 7.98. The largest absolute Gasteiger partial charge is 0.464 e. The molecule has 0 amide bonds. The van der Waals surface area contributed by atoms with E-state index in [2.05, 4.69) is 4.98 Å². The van der Waals surface area contributed by atoms with Gasteiger partial charge >= 0.3 is 0 Å². The van der Waals surface area contributed by atoms with Crippen molar-refractivity contribution < 1.29 is 4.42 Å². The predicted octanol–water partition coefficient (Wildman–Crippen LogP) is 2.43. The Morgan fingerprint density at radius 3 is 2.53 bits per heavy atom. The van der Waals surface area contributed by atoms with E-state index in [1.807, 2.05) is 24.3 Å². The van der Waals surface area contributed by atoms with Gasteiger partial charge in [-0.05, 0) is 24.3 Å². The molecule has 0 fully saturated rings. The molecular weight excluding hydrogens is 208 g/mol. The maximum atomic E-state index is 5.49. The molecule has 0 aliphatic rings. The molecule has 0 saturated carbocycles. The van der Waals surface area contributed by atoms with Gasteiger partial charge in [0, 0.05) is 17.3 Å². The minimum absolute atomic E-state index is 0.458. The molecule has 0 bridgehead atoms. The standard InChI is InChI=1S/C11H12N2OS/c12-7-9-1-2-10(14-9)8-15-11-3-5-13-6-4-11/h1-6H,7-8,12H2. The second-order valence-electron chi connectivity index (χ2n) is 3.04. The van der Waals surface area contributed by atoms with E-state index in [4.69, 9.17) is 10.2 Å². The van der Waals surface area contributed by atoms with Crippen LogP contribution in [0.5, 0.6) is 0 Å². The summed E-state index contributed by atoms with van der Waals surface area (Å²) in [5.41, 5.74) is 5.46. The molecule has 4 heteroatoms. The fourth-order valence-electron chi connectivity index (χ4n) is 1.20. The first-order chi connectivity index (χ1) is 7.38. The number of pyridine rings is 1. The van der Waals surface area contributed by atoms with Crippen molar-refractivity contribution in [2.45, 2.75) is 17.2 Å². The fourth-order valence-corrected chi connectivity index (χ4v) is 1.98. The van der Waals surface area contributed by atoms with Crippen LogP contribution >= 0.6 is 11.8 Å². The summed E-state index contributed by atoms with van der Waals surface area (Å²) in [7, 11) is 0. The lowest BCUT2D eigenvalue weighted by Gasteiger charge is -1.97. The zero-order valence-corrected chi connectivity index (χ0v) is 9.04. The number of hydrogen-bond acceptors (Lipinski definition) is 4. The van der Waals surface area contributed by atoms with E-state index in [1.165, 1.54) is 4.90 Å². The number of nitrogens with two attached hydrogens (primary N) is 1. The van der Waals surface area contributed by atoms with E-state index in [9.17, 15) is 0 Å². The Bertz CT molecular complexity index is 414. The lowest BCUT2D eigenvalue weighted by Crippen LogP contribution is -1.92. The first-order valence-electron chi connectivity index (χ1n) is 4.69. The van der Waals surface area contributed by atoms with Crippen LogP contribution in [0.2, 0.25) is 0 Å². The van der Waals surface area contributed by atoms with Crippen molar-refractivity contribution in [1.29, 1.82) is 0 Å². The average molecular weight is 220 g/mol. The number of thioether (sulfide) groups is 1. The summed E-state index contributed by atoms with van der Waals surface area (Å²) >= 11 is 1.72. The molecule has 0 spiro atoms. The van der Waals surface area contributed by atoms with Crippen molar-refractivity contribution in [3.8, 4) is 0 Å². The van der Waals surface area contributed by atoms with Gasteiger partial charge in [0.2, 0.25) is 0 Å². The van der Waals surface area contributed by atoms with Gasteiger partial charge in [0.15, 0.2) is 0 Å². The Balaban J connectivity index is 1.93. The Morgan fingerprint density at radius 1 is 1.13 bits per heavy atom. The summed E-state index contributed by atoms with van der Waals surface area (Å²) in [6, 6.07) is 7.85. The second kappa shape index (κ2) is 5.00. The lowest BCUT2D eigenvalue weighted by molar-refractivity contribution is 0.482. The maximum absolute atomic E-state index is 5.49. The van der Waals surface area contributed by atoms with Crippen LogP contribution in [-0.2, 0) is 12.3 Å². The topological polar surface area (TPSA) is 52.0 Å². The number of aromatic nitrogens is 1. The molecular formula is C11H12N2OS. The summed E-state index contributed by atoms with van der Waals surface area (Å²) in [6.45, 7) is 0.458. The van der Waals surface area contributed by atoms with Crippen molar-refractivity contribution in [2.75, 3.05) is 0 Å². The Labute approximate surface area is 92.7 Å². The van der Waals surface area contributed by atoms with Gasteiger partial charge in [-0.2, -0.15) is 0 Å². The van der Waals surface area contributed by atoms with Crippen LogP contribution in [0.1, 0.15) is 11.5 Å². The van der Waals surface area contributed by atoms with Gasteiger partial charge in [-0.15, -0.1) is 11.8 Å². The summed E-state index contributed by atoms with van der Waals surface area (Å²) in [6.07, 6.45) is 3.57. The first kappa shape index (κ1) is 10.3. The van der Waals surface area contributed by atoms with E-state index in [-0.39, 0.29) is 0 Å². The van der Waals surface area contributed by atoms with Crippen molar-refractivity contribution in [1.82, 2.24) is 4.98 Å². The maximum Gasteiger partial charge on any atom is 0.117 e. The number of rotatable bonds is 4. The first-order valence-corrected chi connectivity index (χ1v) is 5.67. The third kappa shape index (κ3) is 2.84. The van der Waals surface area contributed by atoms with Crippen molar-refractivity contribution >= 4 is 11.8 Å². The fraction of sp³-hybridized carbons (Fsp3) is 0.182. The molecule has 3 nitrogen and oxygen atoms in total. The Morgan fingerprint density at radius 2 is 1.87 bits per heavy atom. The van der Waals surface area contributed by atoms with E-state index >= 15 is 0 Å². The van der Waals surface area contributed by atoms with Gasteiger partial charge in [0.05, 0.1) is 12.3 Å². The quantitative estimate of drug-likeness (QED) is 0.804. The van der Waals surface area contributed by atoms with Crippen LogP contribution in [-0.4, -0.2) is 4.98 Å². The van der Waals surface area contributed by atoms with Crippen LogP contribution in [0.15, 0.2) is 46.0 Å². The average Bonchev–Trinajstić information content (AvgIpc) is 2.76. The molecule has 0 saturated heterocycles. The molecule has 15 heavy (non-hydrogen) atoms. The van der Waals surface area contributed by atoms with Crippen molar-refractivity contribution in [3.05, 3.63) is 48.2 Å². The molecule has 0 aliphatic carbocycles. The zero-order chi connectivity index (χ0) is 10.5. The number of furan rings is 1. The Hall–Kier alpha value is -1.26. The summed E-state index contributed by atoms with van der Waals surface area (Å²) in [5.74, 6) is 2.61. The third-order valence-electron chi connectivity index (χ3n) is 1.95. The minimum atomic E-state index is 0.458. The molecule has 0 radical (unpaired) electrons. The molecule has 78 valence electrons. The zero-order valence-electron chi connectivity index (χ0n) is 8.22.